The van der Waals surface area contributed by atoms with Gasteiger partial charge >= 0.3 is 0 Å². The van der Waals surface area contributed by atoms with Crippen LogP contribution in [0.4, 0.5) is 0 Å². The van der Waals surface area contributed by atoms with Crippen molar-refractivity contribution in [2.75, 3.05) is 18.1 Å². The van der Waals surface area contributed by atoms with Gasteiger partial charge in [-0.15, -0.1) is 0 Å². The molecule has 0 bridgehead atoms. The van der Waals surface area contributed by atoms with Crippen LogP contribution < -0.4 is 5.32 Å². The van der Waals surface area contributed by atoms with Gasteiger partial charge in [0.2, 0.25) is 10.0 Å². The average molecular weight is 397 g/mol. The van der Waals surface area contributed by atoms with Crippen molar-refractivity contribution >= 4 is 37.7 Å². The molecule has 1 N–H and O–H groups in total. The van der Waals surface area contributed by atoms with E-state index in [1.54, 1.807) is 22.1 Å². The summed E-state index contributed by atoms with van der Waals surface area (Å²) in [5, 5.41) is 3.22. The summed E-state index contributed by atoms with van der Waals surface area (Å²) in [4.78, 5) is 0.224. The number of sulfonamides is 1. The fourth-order valence-corrected chi connectivity index (χ4v) is 5.98. The monoisotopic (exact) mass is 396 g/mol. The highest BCUT2D eigenvalue weighted by atomic mass is 79.9. The lowest BCUT2D eigenvalue weighted by Crippen LogP contribution is -2.44. The first kappa shape index (κ1) is 17.3. The van der Waals surface area contributed by atoms with E-state index in [9.17, 15) is 8.42 Å². The number of hydrogen-bond donors (Lipinski definition) is 1. The van der Waals surface area contributed by atoms with Crippen LogP contribution in [-0.2, 0) is 16.6 Å². The van der Waals surface area contributed by atoms with Crippen molar-refractivity contribution in [1.29, 1.82) is 0 Å². The van der Waals surface area contributed by atoms with E-state index in [4.69, 9.17) is 4.42 Å². The quantitative estimate of drug-likeness (QED) is 0.828. The van der Waals surface area contributed by atoms with E-state index in [2.05, 4.69) is 21.2 Å². The molecule has 1 fully saturated rings. The van der Waals surface area contributed by atoms with Crippen LogP contribution in [0.5, 0.6) is 0 Å². The highest BCUT2D eigenvalue weighted by Gasteiger charge is 2.34. The maximum Gasteiger partial charge on any atom is 0.247 e. The number of rotatable bonds is 5. The maximum absolute atomic E-state index is 12.8. The number of nitrogens with one attached hydrogen (secondary N) is 1. The fourth-order valence-electron chi connectivity index (χ4n) is 2.16. The number of nitrogens with zero attached hydrogens (tertiary/aromatic N) is 1. The molecule has 1 unspecified atom stereocenters. The third-order valence-corrected chi connectivity index (χ3v) is 7.34. The minimum absolute atomic E-state index is 0.00721. The summed E-state index contributed by atoms with van der Waals surface area (Å²) in [6.45, 7) is 7.06. The van der Waals surface area contributed by atoms with Crippen LogP contribution in [-0.4, -0.2) is 42.9 Å². The van der Waals surface area contributed by atoms with E-state index >= 15 is 0 Å². The Bertz CT molecular complexity index is 586. The number of halogens is 1. The minimum Gasteiger partial charge on any atom is -0.452 e. The molecule has 1 atom stereocenters. The molecule has 0 aliphatic carbocycles. The molecule has 120 valence electrons. The van der Waals surface area contributed by atoms with Crippen molar-refractivity contribution in [2.24, 2.45) is 0 Å². The zero-order valence-electron chi connectivity index (χ0n) is 12.4. The lowest BCUT2D eigenvalue weighted by molar-refractivity contribution is 0.366. The van der Waals surface area contributed by atoms with Crippen molar-refractivity contribution < 1.29 is 12.8 Å². The van der Waals surface area contributed by atoms with Gasteiger partial charge in [-0.1, -0.05) is 13.8 Å². The van der Waals surface area contributed by atoms with Crippen LogP contribution in [0.15, 0.2) is 20.0 Å². The second kappa shape index (κ2) is 7.04. The summed E-state index contributed by atoms with van der Waals surface area (Å²) in [6.07, 6.45) is 0. The normalized spacial score (nSPS) is 21.1. The molecule has 2 heterocycles. The Morgan fingerprint density at radius 2 is 2.29 bits per heavy atom. The van der Waals surface area contributed by atoms with Gasteiger partial charge in [0.05, 0.1) is 6.54 Å². The topological polar surface area (TPSA) is 62.6 Å². The lowest BCUT2D eigenvalue weighted by Gasteiger charge is -2.31. The van der Waals surface area contributed by atoms with E-state index < -0.39 is 10.0 Å². The summed E-state index contributed by atoms with van der Waals surface area (Å²) in [7, 11) is -3.51. The molecule has 1 saturated heterocycles. The predicted molar refractivity (Wildman–Crippen MR) is 89.1 cm³/mol. The highest BCUT2D eigenvalue weighted by Crippen LogP contribution is 2.31. The van der Waals surface area contributed by atoms with Crippen LogP contribution in [0, 0.1) is 0 Å². The van der Waals surface area contributed by atoms with Gasteiger partial charge < -0.3 is 9.73 Å². The Hall–Kier alpha value is -0.0200. The first-order chi connectivity index (χ1) is 9.82. The van der Waals surface area contributed by atoms with Gasteiger partial charge in [0, 0.05) is 36.2 Å². The summed E-state index contributed by atoms with van der Waals surface area (Å²) >= 11 is 5.03. The van der Waals surface area contributed by atoms with Crippen LogP contribution >= 0.6 is 27.7 Å². The van der Waals surface area contributed by atoms with Crippen LogP contribution in [0.25, 0.3) is 0 Å². The predicted octanol–water partition coefficient (Wildman–Crippen LogP) is 2.67. The Morgan fingerprint density at radius 3 is 2.90 bits per heavy atom. The zero-order chi connectivity index (χ0) is 15.6. The molecule has 1 aromatic heterocycles. The summed E-state index contributed by atoms with van der Waals surface area (Å²) in [6, 6.07) is 1.93. The number of furan rings is 1. The molecular weight excluding hydrogens is 376 g/mol. The Labute approximate surface area is 139 Å². The molecule has 0 amide bonds. The Morgan fingerprint density at radius 1 is 1.57 bits per heavy atom. The fraction of sp³-hybridized carbons (Fsp3) is 0.692. The Kier molecular flexibility index (Phi) is 5.81. The third kappa shape index (κ3) is 4.04. The second-order valence-electron chi connectivity index (χ2n) is 5.43. The Balaban J connectivity index is 2.23. The summed E-state index contributed by atoms with van der Waals surface area (Å²) < 4.78 is 32.9. The van der Waals surface area contributed by atoms with E-state index in [0.717, 1.165) is 11.5 Å². The lowest BCUT2D eigenvalue weighted by atomic mass is 10.3. The number of hydrogen-bond acceptors (Lipinski definition) is 5. The van der Waals surface area contributed by atoms with Gasteiger partial charge in [0.15, 0.2) is 4.67 Å². The van der Waals surface area contributed by atoms with E-state index in [0.29, 0.717) is 24.9 Å². The SMILES string of the molecule is CC(C)NCc1cc(S(=O)(=O)N2CCSCC2C)c(Br)o1. The van der Waals surface area contributed by atoms with E-state index in [1.807, 2.05) is 20.8 Å². The third-order valence-electron chi connectivity index (χ3n) is 3.28. The van der Waals surface area contributed by atoms with Crippen molar-refractivity contribution in [3.05, 3.63) is 16.5 Å². The molecule has 8 heteroatoms. The van der Waals surface area contributed by atoms with Crippen molar-refractivity contribution in [1.82, 2.24) is 9.62 Å². The summed E-state index contributed by atoms with van der Waals surface area (Å²) in [5.41, 5.74) is 0. The van der Waals surface area contributed by atoms with Gasteiger partial charge in [-0.2, -0.15) is 16.1 Å². The van der Waals surface area contributed by atoms with Crippen LogP contribution in [0.3, 0.4) is 0 Å². The van der Waals surface area contributed by atoms with Crippen LogP contribution in [0.2, 0.25) is 0 Å². The van der Waals surface area contributed by atoms with Crippen molar-refractivity contribution in [2.45, 2.75) is 44.3 Å². The minimum atomic E-state index is -3.51. The molecule has 0 radical (unpaired) electrons. The molecule has 21 heavy (non-hydrogen) atoms. The molecule has 5 nitrogen and oxygen atoms in total. The highest BCUT2D eigenvalue weighted by molar-refractivity contribution is 9.10. The van der Waals surface area contributed by atoms with Gasteiger partial charge in [0.25, 0.3) is 0 Å². The second-order valence-corrected chi connectivity index (χ2v) is 9.16. The molecule has 1 aromatic rings. The van der Waals surface area contributed by atoms with Crippen molar-refractivity contribution in [3.63, 3.8) is 0 Å². The molecule has 2 rings (SSSR count). The van der Waals surface area contributed by atoms with Gasteiger partial charge in [-0.25, -0.2) is 8.42 Å². The molecule has 1 aliphatic heterocycles. The average Bonchev–Trinajstić information content (AvgIpc) is 2.79. The largest absolute Gasteiger partial charge is 0.452 e. The first-order valence-electron chi connectivity index (χ1n) is 6.93. The van der Waals surface area contributed by atoms with Crippen molar-refractivity contribution in [3.8, 4) is 0 Å². The first-order valence-corrected chi connectivity index (χ1v) is 10.3. The molecule has 1 aliphatic rings. The molecule has 0 aromatic carbocycles. The van der Waals surface area contributed by atoms with Crippen LogP contribution in [0.1, 0.15) is 26.5 Å². The molecular formula is C13H21BrN2O3S2. The molecule has 0 saturated carbocycles. The summed E-state index contributed by atoms with van der Waals surface area (Å²) in [5.74, 6) is 2.28. The molecule has 0 spiro atoms. The van der Waals surface area contributed by atoms with E-state index in [-0.39, 0.29) is 15.6 Å². The smallest absolute Gasteiger partial charge is 0.247 e. The van der Waals surface area contributed by atoms with Gasteiger partial charge in [-0.05, 0) is 22.9 Å². The standard InChI is InChI=1S/C13H21BrN2O3S2/c1-9(2)15-7-11-6-12(13(14)19-11)21(17,18)16-4-5-20-8-10(16)3/h6,9-10,15H,4-5,7-8H2,1-3H3. The zero-order valence-corrected chi connectivity index (χ0v) is 15.6. The maximum atomic E-state index is 12.8. The number of thioether (sulfide) groups is 1. The van der Waals surface area contributed by atoms with Gasteiger partial charge in [-0.3, -0.25) is 0 Å². The van der Waals surface area contributed by atoms with E-state index in [1.165, 1.54) is 0 Å². The van der Waals surface area contributed by atoms with Gasteiger partial charge in [0.1, 0.15) is 10.7 Å².